The molecule has 33 heavy (non-hydrogen) atoms. The van der Waals surface area contributed by atoms with E-state index in [4.69, 9.17) is 10.4 Å². The maximum atomic E-state index is 11.0. The van der Waals surface area contributed by atoms with E-state index in [1.54, 1.807) is 6.07 Å². The highest BCUT2D eigenvalue weighted by molar-refractivity contribution is 7.13. The van der Waals surface area contributed by atoms with Gasteiger partial charge in [0.15, 0.2) is 0 Å². The molecule has 0 spiro atoms. The second-order valence-electron chi connectivity index (χ2n) is 8.68. The largest absolute Gasteiger partial charge is 0.477 e. The van der Waals surface area contributed by atoms with E-state index >= 15 is 0 Å². The van der Waals surface area contributed by atoms with Gasteiger partial charge < -0.3 is 10.0 Å². The topological polar surface area (TPSA) is 64.3 Å². The van der Waals surface area contributed by atoms with Crippen molar-refractivity contribution >= 4 is 46.9 Å². The number of fused-ring (bicyclic) bond motifs is 3. The summed E-state index contributed by atoms with van der Waals surface area (Å²) in [6.45, 7) is 2.13. The highest BCUT2D eigenvalue weighted by Crippen LogP contribution is 2.52. The Kier molecular flexibility index (Phi) is 5.62. The number of nitriles is 1. The summed E-state index contributed by atoms with van der Waals surface area (Å²) in [5.74, 6) is -0.625. The zero-order valence-electron chi connectivity index (χ0n) is 18.4. The summed E-state index contributed by atoms with van der Waals surface area (Å²) in [5, 5.41) is 18.0. The molecule has 2 heterocycles. The molecule has 1 saturated carbocycles. The summed E-state index contributed by atoms with van der Waals surface area (Å²) in [7, 11) is 0. The van der Waals surface area contributed by atoms with Gasteiger partial charge in [-0.2, -0.15) is 5.26 Å². The molecule has 5 heteroatoms. The number of carbonyl (C=O) groups is 1. The quantitative estimate of drug-likeness (QED) is 0.334. The first-order valence-corrected chi connectivity index (χ1v) is 12.0. The number of thiophene rings is 1. The van der Waals surface area contributed by atoms with Gasteiger partial charge in [-0.3, -0.25) is 0 Å². The first kappa shape index (κ1) is 21.2. The second kappa shape index (κ2) is 8.73. The van der Waals surface area contributed by atoms with Crippen LogP contribution >= 0.6 is 11.3 Å². The number of rotatable bonds is 5. The Morgan fingerprint density at radius 3 is 2.64 bits per heavy atom. The van der Waals surface area contributed by atoms with Gasteiger partial charge in [0.1, 0.15) is 11.6 Å². The number of benzene rings is 2. The maximum absolute atomic E-state index is 11.0. The van der Waals surface area contributed by atoms with Gasteiger partial charge in [-0.05, 0) is 79.4 Å². The number of carboxylic acid groups (broad SMARTS) is 1. The SMILES string of the molecule is Cc1ccc(N2c3ccc(/C=C/c4ccc(/C=C(\C#N)C(=O)O)s4)cc3C3CCCC32)cc1. The predicted molar refractivity (Wildman–Crippen MR) is 135 cm³/mol. The summed E-state index contributed by atoms with van der Waals surface area (Å²) < 4.78 is 0. The van der Waals surface area contributed by atoms with Crippen molar-refractivity contribution < 1.29 is 9.90 Å². The van der Waals surface area contributed by atoms with Gasteiger partial charge >= 0.3 is 5.97 Å². The van der Waals surface area contributed by atoms with E-state index in [1.165, 1.54) is 64.7 Å². The van der Waals surface area contributed by atoms with Crippen molar-refractivity contribution in [2.24, 2.45) is 0 Å². The first-order chi connectivity index (χ1) is 16.0. The number of carboxylic acids is 1. The van der Waals surface area contributed by atoms with E-state index in [0.29, 0.717) is 12.0 Å². The predicted octanol–water partition coefficient (Wildman–Crippen LogP) is 7.01. The van der Waals surface area contributed by atoms with Crippen LogP contribution in [-0.2, 0) is 4.79 Å². The minimum atomic E-state index is -1.20. The summed E-state index contributed by atoms with van der Waals surface area (Å²) in [4.78, 5) is 15.4. The Labute approximate surface area is 197 Å². The number of hydrogen-bond donors (Lipinski definition) is 1. The third kappa shape index (κ3) is 4.10. The maximum Gasteiger partial charge on any atom is 0.346 e. The summed E-state index contributed by atoms with van der Waals surface area (Å²) in [6.07, 6.45) is 9.31. The second-order valence-corrected chi connectivity index (χ2v) is 9.82. The average Bonchev–Trinajstić information content (AvgIpc) is 3.53. The molecule has 0 saturated heterocycles. The van der Waals surface area contributed by atoms with Crippen molar-refractivity contribution in [3.05, 3.63) is 86.6 Å². The van der Waals surface area contributed by atoms with Crippen molar-refractivity contribution in [1.29, 1.82) is 5.26 Å². The van der Waals surface area contributed by atoms with Crippen LogP contribution < -0.4 is 4.90 Å². The van der Waals surface area contributed by atoms with E-state index in [0.717, 1.165) is 9.75 Å². The molecule has 2 aliphatic rings. The van der Waals surface area contributed by atoms with Crippen LogP contribution in [0.4, 0.5) is 11.4 Å². The number of anilines is 2. The normalized spacial score (nSPS) is 19.5. The molecule has 1 fully saturated rings. The molecular weight excluding hydrogens is 428 g/mol. The van der Waals surface area contributed by atoms with E-state index in [1.807, 2.05) is 12.1 Å². The fourth-order valence-corrected chi connectivity index (χ4v) is 5.88. The van der Waals surface area contributed by atoms with Crippen LogP contribution in [0.15, 0.2) is 60.2 Å². The molecule has 2 unspecified atom stereocenters. The minimum Gasteiger partial charge on any atom is -0.477 e. The highest BCUT2D eigenvalue weighted by Gasteiger charge is 2.41. The smallest absolute Gasteiger partial charge is 0.346 e. The molecule has 0 amide bonds. The Morgan fingerprint density at radius 2 is 1.88 bits per heavy atom. The van der Waals surface area contributed by atoms with Crippen LogP contribution in [0.2, 0.25) is 0 Å². The van der Waals surface area contributed by atoms with Crippen molar-refractivity contribution in [2.75, 3.05) is 4.90 Å². The van der Waals surface area contributed by atoms with Crippen molar-refractivity contribution in [3.63, 3.8) is 0 Å². The highest BCUT2D eigenvalue weighted by atomic mass is 32.1. The number of aliphatic carboxylic acids is 1. The third-order valence-corrected chi connectivity index (χ3v) is 7.56. The number of nitrogens with zero attached hydrogens (tertiary/aromatic N) is 2. The average molecular weight is 453 g/mol. The van der Waals surface area contributed by atoms with Crippen molar-refractivity contribution in [1.82, 2.24) is 0 Å². The standard InChI is InChI=1S/C28H24N2O2S/c1-18-5-9-21(10-6-18)30-26-4-2-3-24(26)25-15-19(8-14-27(25)30)7-11-22-12-13-23(33-22)16-20(17-29)28(31)32/h5-16,24,26H,2-4H2,1H3,(H,31,32)/b11-7+,20-16+. The van der Waals surface area contributed by atoms with Gasteiger partial charge in [-0.15, -0.1) is 11.3 Å². The van der Waals surface area contributed by atoms with Crippen LogP contribution in [0.5, 0.6) is 0 Å². The molecule has 5 rings (SSSR count). The molecule has 1 N–H and O–H groups in total. The van der Waals surface area contributed by atoms with E-state index in [9.17, 15) is 4.79 Å². The molecule has 164 valence electrons. The Balaban J connectivity index is 1.41. The first-order valence-electron chi connectivity index (χ1n) is 11.2. The van der Waals surface area contributed by atoms with Gasteiger partial charge in [0, 0.05) is 33.1 Å². The summed E-state index contributed by atoms with van der Waals surface area (Å²) in [6, 6.07) is 21.7. The fraction of sp³-hybridized carbons (Fsp3) is 0.214. The lowest BCUT2D eigenvalue weighted by Crippen LogP contribution is -2.26. The molecule has 0 bridgehead atoms. The van der Waals surface area contributed by atoms with E-state index < -0.39 is 5.97 Å². The van der Waals surface area contributed by atoms with Crippen LogP contribution in [0.1, 0.15) is 51.6 Å². The number of hydrogen-bond acceptors (Lipinski definition) is 4. The summed E-state index contributed by atoms with van der Waals surface area (Å²) in [5.41, 5.74) is 6.23. The monoisotopic (exact) mass is 452 g/mol. The molecule has 1 aliphatic carbocycles. The van der Waals surface area contributed by atoms with Gasteiger partial charge in [0.05, 0.1) is 0 Å². The third-order valence-electron chi connectivity index (χ3n) is 6.56. The Bertz CT molecular complexity index is 1310. The van der Waals surface area contributed by atoms with Gasteiger partial charge in [-0.1, -0.05) is 36.3 Å². The van der Waals surface area contributed by atoms with Crippen molar-refractivity contribution in [2.45, 2.75) is 38.1 Å². The molecule has 1 aliphatic heterocycles. The van der Waals surface area contributed by atoms with Gasteiger partial charge in [0.25, 0.3) is 0 Å². The van der Waals surface area contributed by atoms with Crippen LogP contribution in [-0.4, -0.2) is 17.1 Å². The lowest BCUT2D eigenvalue weighted by atomic mass is 9.96. The van der Waals surface area contributed by atoms with E-state index in [2.05, 4.69) is 66.4 Å². The summed E-state index contributed by atoms with van der Waals surface area (Å²) >= 11 is 1.47. The zero-order chi connectivity index (χ0) is 22.9. The van der Waals surface area contributed by atoms with Crippen LogP contribution in [0, 0.1) is 18.3 Å². The van der Waals surface area contributed by atoms with Gasteiger partial charge in [-0.25, -0.2) is 4.79 Å². The molecule has 3 aromatic rings. The lowest BCUT2D eigenvalue weighted by Gasteiger charge is -2.27. The molecule has 2 aromatic carbocycles. The molecule has 1 aromatic heterocycles. The molecule has 4 nitrogen and oxygen atoms in total. The van der Waals surface area contributed by atoms with E-state index in [-0.39, 0.29) is 5.57 Å². The molecule has 0 radical (unpaired) electrons. The van der Waals surface area contributed by atoms with Crippen LogP contribution in [0.3, 0.4) is 0 Å². The zero-order valence-corrected chi connectivity index (χ0v) is 19.2. The Hall–Kier alpha value is -3.62. The minimum absolute atomic E-state index is 0.254. The molecular formula is C28H24N2O2S. The van der Waals surface area contributed by atoms with Crippen LogP contribution in [0.25, 0.3) is 18.2 Å². The lowest BCUT2D eigenvalue weighted by molar-refractivity contribution is -0.132. The number of aryl methyl sites for hydroxylation is 1. The fourth-order valence-electron chi connectivity index (χ4n) is 5.02. The Morgan fingerprint density at radius 1 is 1.09 bits per heavy atom. The molecule has 2 atom stereocenters. The van der Waals surface area contributed by atoms with Crippen molar-refractivity contribution in [3.8, 4) is 6.07 Å². The van der Waals surface area contributed by atoms with Gasteiger partial charge in [0.2, 0.25) is 0 Å².